The van der Waals surface area contributed by atoms with Crippen molar-refractivity contribution in [3.8, 4) is 0 Å². The van der Waals surface area contributed by atoms with Gasteiger partial charge in [0.25, 0.3) is 0 Å². The molecule has 4 heteroatoms. The van der Waals surface area contributed by atoms with E-state index in [4.69, 9.17) is 0 Å². The maximum Gasteiger partial charge on any atom is 0.324 e. The number of aliphatic carboxylic acids is 1. The first-order chi connectivity index (χ1) is 6.46. The fourth-order valence-electron chi connectivity index (χ4n) is 4.48. The molecule has 3 aliphatic rings. The van der Waals surface area contributed by atoms with Crippen LogP contribution in [0.15, 0.2) is 0 Å². The predicted octanol–water partition coefficient (Wildman–Crippen LogP) is 1.66. The standard InChI is InChI=1S/C11H17NO2.ClH/c1-9-6-12-11(8(13)14)5-7(9)3-4-10(9,11)2;/h7,12H,3-6H2,1-2H3,(H,13,14);1H. The number of rotatable bonds is 1. The van der Waals surface area contributed by atoms with Crippen molar-refractivity contribution in [2.45, 2.75) is 38.6 Å². The molecule has 2 N–H and O–H groups in total. The summed E-state index contributed by atoms with van der Waals surface area (Å²) in [6, 6.07) is 0. The van der Waals surface area contributed by atoms with Gasteiger partial charge in [0.2, 0.25) is 0 Å². The van der Waals surface area contributed by atoms with Crippen molar-refractivity contribution in [3.05, 3.63) is 0 Å². The van der Waals surface area contributed by atoms with Crippen LogP contribution in [0.25, 0.3) is 0 Å². The molecule has 3 nitrogen and oxygen atoms in total. The zero-order valence-electron chi connectivity index (χ0n) is 9.17. The summed E-state index contributed by atoms with van der Waals surface area (Å²) in [5.74, 6) is -0.00391. The maximum atomic E-state index is 11.5. The molecule has 0 amide bonds. The van der Waals surface area contributed by atoms with Crippen LogP contribution in [0, 0.1) is 16.7 Å². The number of hydrogen-bond acceptors (Lipinski definition) is 2. The van der Waals surface area contributed by atoms with Crippen molar-refractivity contribution in [2.24, 2.45) is 16.7 Å². The Bertz CT molecular complexity index is 335. The summed E-state index contributed by atoms with van der Waals surface area (Å²) in [4.78, 5) is 11.5. The molecule has 0 aromatic rings. The van der Waals surface area contributed by atoms with Gasteiger partial charge in [-0.15, -0.1) is 12.4 Å². The van der Waals surface area contributed by atoms with E-state index in [9.17, 15) is 9.90 Å². The van der Waals surface area contributed by atoms with Gasteiger partial charge in [-0.05, 0) is 30.6 Å². The van der Waals surface area contributed by atoms with E-state index in [1.807, 2.05) is 0 Å². The summed E-state index contributed by atoms with van der Waals surface area (Å²) in [6.45, 7) is 5.34. The number of hydrogen-bond donors (Lipinski definition) is 2. The molecule has 4 atom stereocenters. The third-order valence-electron chi connectivity index (χ3n) is 5.77. The van der Waals surface area contributed by atoms with E-state index in [0.717, 1.165) is 19.4 Å². The van der Waals surface area contributed by atoms with Gasteiger partial charge in [0.1, 0.15) is 5.54 Å². The van der Waals surface area contributed by atoms with Crippen molar-refractivity contribution in [3.63, 3.8) is 0 Å². The van der Waals surface area contributed by atoms with E-state index in [-0.39, 0.29) is 23.2 Å². The second kappa shape index (κ2) is 2.69. The lowest BCUT2D eigenvalue weighted by molar-refractivity contribution is -0.149. The lowest BCUT2D eigenvalue weighted by atomic mass is 9.66. The Morgan fingerprint density at radius 3 is 2.53 bits per heavy atom. The zero-order chi connectivity index (χ0) is 10.2. The molecule has 4 bridgehead atoms. The second-order valence-electron chi connectivity index (χ2n) is 5.75. The quantitative estimate of drug-likeness (QED) is 0.722. The van der Waals surface area contributed by atoms with E-state index in [1.165, 1.54) is 6.42 Å². The first-order valence-electron chi connectivity index (χ1n) is 5.45. The van der Waals surface area contributed by atoms with Gasteiger partial charge in [0, 0.05) is 12.0 Å². The molecule has 86 valence electrons. The fourth-order valence-corrected chi connectivity index (χ4v) is 4.48. The average Bonchev–Trinajstić information content (AvgIpc) is 2.58. The largest absolute Gasteiger partial charge is 0.480 e. The number of carboxylic acids is 1. The number of carbonyl (C=O) groups is 1. The third kappa shape index (κ3) is 0.828. The highest BCUT2D eigenvalue weighted by atomic mass is 35.5. The molecule has 0 aromatic carbocycles. The van der Waals surface area contributed by atoms with E-state index in [2.05, 4.69) is 19.2 Å². The molecule has 1 heterocycles. The van der Waals surface area contributed by atoms with E-state index in [0.29, 0.717) is 5.92 Å². The second-order valence-corrected chi connectivity index (χ2v) is 5.75. The van der Waals surface area contributed by atoms with Gasteiger partial charge < -0.3 is 10.4 Å². The van der Waals surface area contributed by atoms with Gasteiger partial charge in [0.05, 0.1) is 0 Å². The van der Waals surface area contributed by atoms with Crippen LogP contribution in [0.4, 0.5) is 0 Å². The molecular formula is C11H18ClNO2. The average molecular weight is 232 g/mol. The van der Waals surface area contributed by atoms with Gasteiger partial charge in [-0.25, -0.2) is 0 Å². The van der Waals surface area contributed by atoms with Gasteiger partial charge in [-0.3, -0.25) is 4.79 Å². The Morgan fingerprint density at radius 2 is 2.13 bits per heavy atom. The number of nitrogens with one attached hydrogen (secondary N) is 1. The predicted molar refractivity (Wildman–Crippen MR) is 59.2 cm³/mol. The maximum absolute atomic E-state index is 11.5. The Hall–Kier alpha value is -0.280. The Kier molecular flexibility index (Phi) is 2.01. The third-order valence-corrected chi connectivity index (χ3v) is 5.77. The summed E-state index contributed by atoms with van der Waals surface area (Å²) in [7, 11) is 0. The van der Waals surface area contributed by atoms with Crippen LogP contribution in [-0.4, -0.2) is 23.2 Å². The molecule has 2 aliphatic carbocycles. The molecule has 3 fully saturated rings. The molecule has 1 saturated heterocycles. The highest BCUT2D eigenvalue weighted by Gasteiger charge is 2.77. The van der Waals surface area contributed by atoms with Gasteiger partial charge >= 0.3 is 5.97 Å². The van der Waals surface area contributed by atoms with Crippen molar-refractivity contribution >= 4 is 18.4 Å². The first kappa shape index (κ1) is 11.2. The molecule has 1 aliphatic heterocycles. The highest BCUT2D eigenvalue weighted by Crippen LogP contribution is 2.72. The van der Waals surface area contributed by atoms with Crippen molar-refractivity contribution in [2.75, 3.05) is 6.54 Å². The summed E-state index contributed by atoms with van der Waals surface area (Å²) in [6.07, 6.45) is 3.15. The summed E-state index contributed by atoms with van der Waals surface area (Å²) in [5, 5.41) is 12.7. The molecule has 0 spiro atoms. The molecular weight excluding hydrogens is 214 g/mol. The Balaban J connectivity index is 0.000000853. The summed E-state index contributed by atoms with van der Waals surface area (Å²) >= 11 is 0. The monoisotopic (exact) mass is 231 g/mol. The fraction of sp³-hybridized carbons (Fsp3) is 0.909. The van der Waals surface area contributed by atoms with Crippen LogP contribution in [0.1, 0.15) is 33.1 Å². The highest BCUT2D eigenvalue weighted by molar-refractivity contribution is 5.85. The minimum Gasteiger partial charge on any atom is -0.480 e. The lowest BCUT2D eigenvalue weighted by Crippen LogP contribution is -2.57. The van der Waals surface area contributed by atoms with Crippen LogP contribution in [0.3, 0.4) is 0 Å². The molecule has 0 radical (unpaired) electrons. The number of halogens is 1. The Morgan fingerprint density at radius 1 is 1.47 bits per heavy atom. The van der Waals surface area contributed by atoms with Crippen LogP contribution >= 0.6 is 12.4 Å². The zero-order valence-corrected chi connectivity index (χ0v) is 9.99. The van der Waals surface area contributed by atoms with Crippen LogP contribution < -0.4 is 5.32 Å². The topological polar surface area (TPSA) is 49.3 Å². The van der Waals surface area contributed by atoms with Crippen LogP contribution in [-0.2, 0) is 4.79 Å². The molecule has 15 heavy (non-hydrogen) atoms. The van der Waals surface area contributed by atoms with Crippen LogP contribution in [0.5, 0.6) is 0 Å². The summed E-state index contributed by atoms with van der Waals surface area (Å²) < 4.78 is 0. The van der Waals surface area contributed by atoms with Crippen LogP contribution in [0.2, 0.25) is 0 Å². The Labute approximate surface area is 96.0 Å². The van der Waals surface area contributed by atoms with Gasteiger partial charge in [-0.1, -0.05) is 13.8 Å². The van der Waals surface area contributed by atoms with Gasteiger partial charge in [0.15, 0.2) is 0 Å². The van der Waals surface area contributed by atoms with Crippen molar-refractivity contribution in [1.29, 1.82) is 0 Å². The minimum absolute atomic E-state index is 0. The van der Waals surface area contributed by atoms with E-state index in [1.54, 1.807) is 0 Å². The number of carboxylic acid groups (broad SMARTS) is 1. The van der Waals surface area contributed by atoms with Gasteiger partial charge in [-0.2, -0.15) is 0 Å². The smallest absolute Gasteiger partial charge is 0.324 e. The minimum atomic E-state index is -0.633. The van der Waals surface area contributed by atoms with E-state index >= 15 is 0 Å². The molecule has 3 rings (SSSR count). The normalized spacial score (nSPS) is 55.5. The molecule has 0 aromatic heterocycles. The SMILES string of the molecule is CC12CNC3(C(=O)O)CC1CCC32C.Cl. The first-order valence-corrected chi connectivity index (χ1v) is 5.45. The number of piperidine rings is 1. The summed E-state index contributed by atoms with van der Waals surface area (Å²) in [5.41, 5.74) is -0.396. The molecule has 2 saturated carbocycles. The molecule has 4 unspecified atom stereocenters. The van der Waals surface area contributed by atoms with Crippen molar-refractivity contribution in [1.82, 2.24) is 5.32 Å². The van der Waals surface area contributed by atoms with Crippen molar-refractivity contribution < 1.29 is 9.90 Å². The van der Waals surface area contributed by atoms with E-state index < -0.39 is 11.5 Å². The lowest BCUT2D eigenvalue weighted by Gasteiger charge is -2.39.